The van der Waals surface area contributed by atoms with Crippen LogP contribution in [0.1, 0.15) is 17.0 Å². The van der Waals surface area contributed by atoms with E-state index in [-0.39, 0.29) is 5.56 Å². The number of fused-ring (bicyclic) bond motifs is 2. The maximum absolute atomic E-state index is 12.2. The fraction of sp³-hybridized carbons (Fsp3) is 0.167. The number of H-pyrrole nitrogens is 2. The van der Waals surface area contributed by atoms with E-state index in [1.165, 1.54) is 17.3 Å². The molecule has 24 heavy (non-hydrogen) atoms. The van der Waals surface area contributed by atoms with Gasteiger partial charge in [0.2, 0.25) is 0 Å². The van der Waals surface area contributed by atoms with Gasteiger partial charge in [0, 0.05) is 0 Å². The minimum absolute atomic E-state index is 0.0977. The predicted octanol–water partition coefficient (Wildman–Crippen LogP) is 3.71. The third-order valence-electron chi connectivity index (χ3n) is 3.95. The average molecular weight is 336 g/mol. The summed E-state index contributed by atoms with van der Waals surface area (Å²) in [5.74, 6) is 1.21. The van der Waals surface area contributed by atoms with Crippen LogP contribution in [0.2, 0.25) is 0 Å². The minimum Gasteiger partial charge on any atom is -0.333 e. The first kappa shape index (κ1) is 15.0. The van der Waals surface area contributed by atoms with Gasteiger partial charge in [-0.2, -0.15) is 0 Å². The smallest absolute Gasteiger partial charge is 0.258 e. The summed E-state index contributed by atoms with van der Waals surface area (Å²) in [5, 5.41) is 1.45. The highest BCUT2D eigenvalue weighted by molar-refractivity contribution is 7.98. The lowest BCUT2D eigenvalue weighted by atomic mass is 10.1. The zero-order valence-corrected chi connectivity index (χ0v) is 14.2. The number of aromatic nitrogens is 4. The fourth-order valence-electron chi connectivity index (χ4n) is 2.73. The molecule has 2 N–H and O–H groups in total. The maximum Gasteiger partial charge on any atom is 0.258 e. The van der Waals surface area contributed by atoms with Crippen LogP contribution in [0.25, 0.3) is 21.9 Å². The number of para-hydroxylation sites is 1. The monoisotopic (exact) mass is 336 g/mol. The Labute approximate surface area is 142 Å². The first-order chi connectivity index (χ1) is 11.6. The van der Waals surface area contributed by atoms with E-state index >= 15 is 0 Å². The molecule has 2 aromatic heterocycles. The minimum atomic E-state index is -0.0977. The number of rotatable bonds is 3. The summed E-state index contributed by atoms with van der Waals surface area (Å²) >= 11 is 1.53. The molecule has 4 rings (SSSR count). The number of nitrogens with one attached hydrogen (secondary N) is 2. The summed E-state index contributed by atoms with van der Waals surface area (Å²) in [5.41, 5.74) is 4.83. The van der Waals surface area contributed by atoms with Crippen LogP contribution in [0, 0.1) is 13.8 Å². The van der Waals surface area contributed by atoms with E-state index in [9.17, 15) is 4.79 Å². The molecular formula is C18H16N4OS. The lowest BCUT2D eigenvalue weighted by Gasteiger charge is -2.04. The Balaban J connectivity index is 1.64. The van der Waals surface area contributed by atoms with E-state index in [4.69, 9.17) is 0 Å². The summed E-state index contributed by atoms with van der Waals surface area (Å²) in [6.45, 7) is 4.02. The van der Waals surface area contributed by atoms with Gasteiger partial charge in [-0.1, -0.05) is 30.0 Å². The van der Waals surface area contributed by atoms with E-state index in [2.05, 4.69) is 32.9 Å². The molecule has 0 aliphatic rings. The van der Waals surface area contributed by atoms with Crippen LogP contribution in [0.3, 0.4) is 0 Å². The van der Waals surface area contributed by atoms with Crippen LogP contribution < -0.4 is 5.56 Å². The first-order valence-electron chi connectivity index (χ1n) is 7.68. The Hall–Kier alpha value is -2.60. The van der Waals surface area contributed by atoms with Crippen molar-refractivity contribution in [3.63, 3.8) is 0 Å². The van der Waals surface area contributed by atoms with E-state index < -0.39 is 0 Å². The highest BCUT2D eigenvalue weighted by Gasteiger charge is 2.08. The van der Waals surface area contributed by atoms with Gasteiger partial charge in [0.05, 0.1) is 27.7 Å². The molecule has 0 aliphatic carbocycles. The summed E-state index contributed by atoms with van der Waals surface area (Å²) in [7, 11) is 0. The van der Waals surface area contributed by atoms with Gasteiger partial charge < -0.3 is 9.97 Å². The van der Waals surface area contributed by atoms with Crippen LogP contribution in [-0.2, 0) is 5.75 Å². The Morgan fingerprint density at radius 2 is 1.96 bits per heavy atom. The summed E-state index contributed by atoms with van der Waals surface area (Å²) < 4.78 is 0. The van der Waals surface area contributed by atoms with Gasteiger partial charge in [-0.15, -0.1) is 0 Å². The molecule has 0 fully saturated rings. The third-order valence-corrected chi connectivity index (χ3v) is 4.83. The van der Waals surface area contributed by atoms with Crippen LogP contribution in [0.15, 0.2) is 46.3 Å². The van der Waals surface area contributed by atoms with E-state index in [0.717, 1.165) is 27.3 Å². The Morgan fingerprint density at radius 3 is 2.83 bits per heavy atom. The molecule has 2 aromatic carbocycles. The van der Waals surface area contributed by atoms with Crippen molar-refractivity contribution in [2.75, 3.05) is 0 Å². The van der Waals surface area contributed by atoms with Gasteiger partial charge in [-0.3, -0.25) is 4.79 Å². The molecule has 0 unspecified atom stereocenters. The zero-order valence-electron chi connectivity index (χ0n) is 13.4. The molecule has 0 atom stereocenters. The number of aromatic amines is 2. The quantitative estimate of drug-likeness (QED) is 0.559. The largest absolute Gasteiger partial charge is 0.333 e. The van der Waals surface area contributed by atoms with Crippen molar-refractivity contribution in [2.45, 2.75) is 24.8 Å². The summed E-state index contributed by atoms with van der Waals surface area (Å²) in [4.78, 5) is 27.5. The lowest BCUT2D eigenvalue weighted by Crippen LogP contribution is -2.11. The number of thioether (sulfide) groups is 1. The van der Waals surface area contributed by atoms with E-state index in [0.29, 0.717) is 17.0 Å². The molecule has 2 heterocycles. The molecular weight excluding hydrogens is 320 g/mol. The van der Waals surface area contributed by atoms with Gasteiger partial charge in [-0.05, 0) is 43.2 Å². The van der Waals surface area contributed by atoms with Gasteiger partial charge in [-0.25, -0.2) is 9.97 Å². The molecule has 0 aliphatic heterocycles. The number of nitrogens with zero attached hydrogens (tertiary/aromatic N) is 2. The van der Waals surface area contributed by atoms with Crippen molar-refractivity contribution >= 4 is 33.7 Å². The van der Waals surface area contributed by atoms with Gasteiger partial charge in [0.25, 0.3) is 5.56 Å². The number of hydrogen-bond acceptors (Lipinski definition) is 4. The molecule has 0 radical (unpaired) electrons. The molecule has 0 bridgehead atoms. The highest BCUT2D eigenvalue weighted by Crippen LogP contribution is 2.23. The van der Waals surface area contributed by atoms with Crippen molar-refractivity contribution in [1.82, 2.24) is 19.9 Å². The number of benzene rings is 2. The van der Waals surface area contributed by atoms with E-state index in [1.807, 2.05) is 31.2 Å². The lowest BCUT2D eigenvalue weighted by molar-refractivity contribution is 1.02. The average Bonchev–Trinajstić information content (AvgIpc) is 2.96. The second-order valence-electron chi connectivity index (χ2n) is 5.83. The number of aryl methyl sites for hydroxylation is 2. The predicted molar refractivity (Wildman–Crippen MR) is 97.5 cm³/mol. The van der Waals surface area contributed by atoms with Crippen LogP contribution in [0.5, 0.6) is 0 Å². The molecule has 4 aromatic rings. The van der Waals surface area contributed by atoms with Crippen molar-refractivity contribution in [2.24, 2.45) is 0 Å². The van der Waals surface area contributed by atoms with Gasteiger partial charge in [0.1, 0.15) is 5.82 Å². The fourth-order valence-corrected chi connectivity index (χ4v) is 3.48. The Morgan fingerprint density at radius 1 is 1.08 bits per heavy atom. The molecule has 5 nitrogen and oxygen atoms in total. The molecule has 0 spiro atoms. The second-order valence-corrected chi connectivity index (χ2v) is 6.80. The normalized spacial score (nSPS) is 11.4. The highest BCUT2D eigenvalue weighted by atomic mass is 32.2. The van der Waals surface area contributed by atoms with Crippen LogP contribution in [0.4, 0.5) is 0 Å². The van der Waals surface area contributed by atoms with Gasteiger partial charge in [0.15, 0.2) is 5.16 Å². The van der Waals surface area contributed by atoms with Crippen LogP contribution >= 0.6 is 11.8 Å². The van der Waals surface area contributed by atoms with Crippen molar-refractivity contribution in [3.8, 4) is 0 Å². The summed E-state index contributed by atoms with van der Waals surface area (Å²) in [6.07, 6.45) is 0. The zero-order chi connectivity index (χ0) is 16.7. The second kappa shape index (κ2) is 5.79. The molecule has 0 saturated carbocycles. The molecule has 120 valence electrons. The topological polar surface area (TPSA) is 74.4 Å². The van der Waals surface area contributed by atoms with Crippen molar-refractivity contribution in [1.29, 1.82) is 0 Å². The molecule has 6 heteroatoms. The van der Waals surface area contributed by atoms with Crippen molar-refractivity contribution in [3.05, 3.63) is 63.7 Å². The molecule has 0 saturated heterocycles. The first-order valence-corrected chi connectivity index (χ1v) is 8.66. The SMILES string of the molecule is Cc1ccc2nc(SCc3nc4c(C)cccc4c(=O)[nH]3)[nH]c2c1. The molecule has 0 amide bonds. The third kappa shape index (κ3) is 2.69. The summed E-state index contributed by atoms with van der Waals surface area (Å²) in [6, 6.07) is 11.8. The Kier molecular flexibility index (Phi) is 3.61. The van der Waals surface area contributed by atoms with Gasteiger partial charge >= 0.3 is 0 Å². The maximum atomic E-state index is 12.2. The van der Waals surface area contributed by atoms with E-state index in [1.54, 1.807) is 6.07 Å². The number of imidazole rings is 1. The van der Waals surface area contributed by atoms with Crippen molar-refractivity contribution < 1.29 is 0 Å². The number of hydrogen-bond donors (Lipinski definition) is 2. The standard InChI is InChI=1S/C18H16N4OS/c1-10-6-7-13-14(8-10)20-18(19-13)24-9-15-21-16-11(2)4-3-5-12(16)17(23)22-15/h3-8H,9H2,1-2H3,(H,19,20)(H,21,22,23). The Bertz CT molecular complexity index is 1110. The van der Waals surface area contributed by atoms with Crippen LogP contribution in [-0.4, -0.2) is 19.9 Å².